The van der Waals surface area contributed by atoms with E-state index in [0.717, 1.165) is 30.0 Å². The number of carbonyl (C=O) groups is 1. The molecule has 2 aromatic rings. The molecule has 0 N–H and O–H groups in total. The molecule has 0 bridgehead atoms. The summed E-state index contributed by atoms with van der Waals surface area (Å²) in [5, 5.41) is 4.27. The number of fused-ring (bicyclic) bond motifs is 1. The van der Waals surface area contributed by atoms with Gasteiger partial charge in [-0.2, -0.15) is 5.10 Å². The van der Waals surface area contributed by atoms with Crippen LogP contribution in [0.3, 0.4) is 0 Å². The summed E-state index contributed by atoms with van der Waals surface area (Å²) in [6.45, 7) is 1.66. The van der Waals surface area contributed by atoms with Crippen LogP contribution in [-0.2, 0) is 30.2 Å². The second-order valence-corrected chi connectivity index (χ2v) is 6.83. The molecule has 0 spiro atoms. The smallest absolute Gasteiger partial charge is 0.345 e. The second-order valence-electron chi connectivity index (χ2n) is 6.83. The second kappa shape index (κ2) is 5.75. The number of hydrogen-bond acceptors (Lipinski definition) is 4. The van der Waals surface area contributed by atoms with E-state index in [1.807, 2.05) is 29.2 Å². The molecule has 1 saturated carbocycles. The van der Waals surface area contributed by atoms with Gasteiger partial charge in [0.2, 0.25) is 5.91 Å². The fraction of sp³-hybridized carbons (Fsp3) is 0.500. The minimum absolute atomic E-state index is 0.111. The Morgan fingerprint density at radius 3 is 2.52 bits per heavy atom. The highest BCUT2D eigenvalue weighted by atomic mass is 16.5. The molecule has 0 radical (unpaired) electrons. The molecule has 1 aliphatic carbocycles. The van der Waals surface area contributed by atoms with Gasteiger partial charge in [0, 0.05) is 33.1 Å². The summed E-state index contributed by atoms with van der Waals surface area (Å²) in [6.07, 6.45) is 2.36. The van der Waals surface area contributed by atoms with Gasteiger partial charge < -0.3 is 9.64 Å². The van der Waals surface area contributed by atoms with Gasteiger partial charge in [0.05, 0.1) is 12.5 Å². The first kappa shape index (κ1) is 15.9. The SMILES string of the molecule is COc1ccc(C2(C(=O)N3CCc4nn(C)c(=O)n4CC3)CC2)cc1. The maximum Gasteiger partial charge on any atom is 0.345 e. The molecule has 1 aromatic carbocycles. The normalized spacial score (nSPS) is 18.4. The third-order valence-electron chi connectivity index (χ3n) is 5.37. The molecular formula is C18H22N4O3. The highest BCUT2D eigenvalue weighted by Gasteiger charge is 2.53. The van der Waals surface area contributed by atoms with Crippen LogP contribution < -0.4 is 10.4 Å². The van der Waals surface area contributed by atoms with E-state index in [1.165, 1.54) is 4.68 Å². The van der Waals surface area contributed by atoms with Gasteiger partial charge in [-0.1, -0.05) is 12.1 Å². The number of methoxy groups -OCH3 is 1. The lowest BCUT2D eigenvalue weighted by Gasteiger charge is -2.26. The summed E-state index contributed by atoms with van der Waals surface area (Å²) in [5.41, 5.74) is 0.542. The van der Waals surface area contributed by atoms with Crippen molar-refractivity contribution in [3.8, 4) is 5.75 Å². The number of carbonyl (C=O) groups excluding carboxylic acids is 1. The van der Waals surface area contributed by atoms with Crippen molar-refractivity contribution in [3.05, 3.63) is 46.1 Å². The zero-order chi connectivity index (χ0) is 17.6. The lowest BCUT2D eigenvalue weighted by molar-refractivity contribution is -0.134. The molecule has 1 aromatic heterocycles. The first-order valence-electron chi connectivity index (χ1n) is 8.62. The van der Waals surface area contributed by atoms with Crippen molar-refractivity contribution in [2.45, 2.75) is 31.2 Å². The molecule has 1 aliphatic heterocycles. The zero-order valence-corrected chi connectivity index (χ0v) is 14.6. The Labute approximate surface area is 145 Å². The van der Waals surface area contributed by atoms with E-state index in [9.17, 15) is 9.59 Å². The molecule has 25 heavy (non-hydrogen) atoms. The number of aromatic nitrogens is 3. The van der Waals surface area contributed by atoms with Crippen molar-refractivity contribution < 1.29 is 9.53 Å². The number of ether oxygens (including phenoxy) is 1. The Kier molecular flexibility index (Phi) is 3.67. The van der Waals surface area contributed by atoms with Crippen molar-refractivity contribution in [1.29, 1.82) is 0 Å². The predicted octanol–water partition coefficient (Wildman–Crippen LogP) is 0.707. The Morgan fingerprint density at radius 2 is 1.88 bits per heavy atom. The summed E-state index contributed by atoms with van der Waals surface area (Å²) in [5.74, 6) is 1.72. The van der Waals surface area contributed by atoms with Gasteiger partial charge in [-0.15, -0.1) is 0 Å². The maximum absolute atomic E-state index is 13.2. The highest BCUT2D eigenvalue weighted by Crippen LogP contribution is 2.50. The summed E-state index contributed by atoms with van der Waals surface area (Å²) in [4.78, 5) is 27.2. The Hall–Kier alpha value is -2.57. The predicted molar refractivity (Wildman–Crippen MR) is 91.7 cm³/mol. The number of nitrogens with zero attached hydrogens (tertiary/aromatic N) is 4. The molecule has 0 unspecified atom stereocenters. The van der Waals surface area contributed by atoms with E-state index in [0.29, 0.717) is 26.1 Å². The fourth-order valence-electron chi connectivity index (χ4n) is 3.70. The molecule has 1 amide bonds. The average molecular weight is 342 g/mol. The van der Waals surface area contributed by atoms with Crippen LogP contribution in [0.25, 0.3) is 0 Å². The molecule has 4 rings (SSSR count). The van der Waals surface area contributed by atoms with Crippen LogP contribution in [-0.4, -0.2) is 45.4 Å². The van der Waals surface area contributed by atoms with E-state index in [2.05, 4.69) is 5.10 Å². The summed E-state index contributed by atoms with van der Waals surface area (Å²) >= 11 is 0. The number of rotatable bonds is 3. The Bertz CT molecular complexity index is 861. The lowest BCUT2D eigenvalue weighted by Crippen LogP contribution is -2.41. The summed E-state index contributed by atoms with van der Waals surface area (Å²) < 4.78 is 8.26. The van der Waals surface area contributed by atoms with Crippen LogP contribution in [0.1, 0.15) is 24.2 Å². The first-order chi connectivity index (χ1) is 12.0. The third-order valence-corrected chi connectivity index (χ3v) is 5.37. The van der Waals surface area contributed by atoms with Crippen LogP contribution in [0.4, 0.5) is 0 Å². The van der Waals surface area contributed by atoms with Gasteiger partial charge >= 0.3 is 5.69 Å². The Morgan fingerprint density at radius 1 is 1.16 bits per heavy atom. The molecule has 2 aliphatic rings. The number of amides is 1. The van der Waals surface area contributed by atoms with Gasteiger partial charge in [-0.25, -0.2) is 9.48 Å². The van der Waals surface area contributed by atoms with E-state index in [-0.39, 0.29) is 11.6 Å². The average Bonchev–Trinajstić information content (AvgIpc) is 3.42. The largest absolute Gasteiger partial charge is 0.497 e. The summed E-state index contributed by atoms with van der Waals surface area (Å²) in [6, 6.07) is 7.79. The molecule has 2 heterocycles. The van der Waals surface area contributed by atoms with Crippen LogP contribution in [0, 0.1) is 0 Å². The summed E-state index contributed by atoms with van der Waals surface area (Å²) in [7, 11) is 3.30. The third kappa shape index (κ3) is 2.54. The maximum atomic E-state index is 13.2. The van der Waals surface area contributed by atoms with Gasteiger partial charge in [-0.05, 0) is 30.5 Å². The fourth-order valence-corrected chi connectivity index (χ4v) is 3.70. The topological polar surface area (TPSA) is 69.4 Å². The van der Waals surface area contributed by atoms with Crippen molar-refractivity contribution >= 4 is 5.91 Å². The van der Waals surface area contributed by atoms with Gasteiger partial charge in [0.1, 0.15) is 11.6 Å². The van der Waals surface area contributed by atoms with Crippen molar-refractivity contribution in [1.82, 2.24) is 19.2 Å². The molecule has 0 atom stereocenters. The minimum atomic E-state index is -0.399. The first-order valence-corrected chi connectivity index (χ1v) is 8.62. The van der Waals surface area contributed by atoms with Crippen molar-refractivity contribution in [3.63, 3.8) is 0 Å². The van der Waals surface area contributed by atoms with E-state index < -0.39 is 5.41 Å². The number of benzene rings is 1. The molecule has 7 heteroatoms. The zero-order valence-electron chi connectivity index (χ0n) is 14.6. The van der Waals surface area contributed by atoms with Gasteiger partial charge in [-0.3, -0.25) is 9.36 Å². The van der Waals surface area contributed by atoms with Crippen molar-refractivity contribution in [2.24, 2.45) is 7.05 Å². The molecule has 132 valence electrons. The molecule has 7 nitrogen and oxygen atoms in total. The Balaban J connectivity index is 1.54. The van der Waals surface area contributed by atoms with Crippen LogP contribution in [0.2, 0.25) is 0 Å². The van der Waals surface area contributed by atoms with E-state index >= 15 is 0 Å². The molecule has 1 fully saturated rings. The van der Waals surface area contributed by atoms with Gasteiger partial charge in [0.25, 0.3) is 0 Å². The number of hydrogen-bond donors (Lipinski definition) is 0. The lowest BCUT2D eigenvalue weighted by atomic mass is 9.94. The monoisotopic (exact) mass is 342 g/mol. The molecular weight excluding hydrogens is 320 g/mol. The van der Waals surface area contributed by atoms with Crippen LogP contribution >= 0.6 is 0 Å². The molecule has 0 saturated heterocycles. The minimum Gasteiger partial charge on any atom is -0.497 e. The van der Waals surface area contributed by atoms with Crippen molar-refractivity contribution in [2.75, 3.05) is 20.2 Å². The van der Waals surface area contributed by atoms with E-state index in [1.54, 1.807) is 18.7 Å². The standard InChI is InChI=1S/C18H22N4O3/c1-20-17(24)22-12-11-21(10-7-15(22)19-20)16(23)18(8-9-18)13-3-5-14(25-2)6-4-13/h3-6H,7-12H2,1-2H3. The quantitative estimate of drug-likeness (QED) is 0.824. The number of aryl methyl sites for hydroxylation is 1. The highest BCUT2D eigenvalue weighted by molar-refractivity contribution is 5.91. The van der Waals surface area contributed by atoms with Crippen LogP contribution in [0.5, 0.6) is 5.75 Å². The van der Waals surface area contributed by atoms with Crippen LogP contribution in [0.15, 0.2) is 29.1 Å². The van der Waals surface area contributed by atoms with Gasteiger partial charge in [0.15, 0.2) is 0 Å². The van der Waals surface area contributed by atoms with E-state index in [4.69, 9.17) is 4.74 Å².